The van der Waals surface area contributed by atoms with Crippen LogP contribution < -0.4 is 5.32 Å². The quantitative estimate of drug-likeness (QED) is 0.784. The first-order valence-corrected chi connectivity index (χ1v) is 7.63. The maximum atomic E-state index is 3.43. The molecule has 3 nitrogen and oxygen atoms in total. The molecule has 2 fully saturated rings. The molecule has 0 saturated carbocycles. The normalized spacial score (nSPS) is 26.1. The fourth-order valence-corrected chi connectivity index (χ4v) is 3.65. The maximum Gasteiger partial charge on any atom is 0.0110 e. The van der Waals surface area contributed by atoms with E-state index in [-0.39, 0.29) is 0 Å². The molecule has 94 valence electrons. The van der Waals surface area contributed by atoms with Gasteiger partial charge in [0, 0.05) is 43.7 Å². The Hall–Kier alpha value is 0.230. The van der Waals surface area contributed by atoms with Crippen LogP contribution in [0.5, 0.6) is 0 Å². The molecule has 2 saturated heterocycles. The third-order valence-corrected chi connectivity index (χ3v) is 5.00. The van der Waals surface area contributed by atoms with Crippen molar-refractivity contribution in [3.05, 3.63) is 0 Å². The van der Waals surface area contributed by atoms with E-state index >= 15 is 0 Å². The number of hydrogen-bond acceptors (Lipinski definition) is 4. The number of hydrogen-bond donors (Lipinski definition) is 1. The van der Waals surface area contributed by atoms with Crippen LogP contribution in [-0.4, -0.2) is 73.7 Å². The van der Waals surface area contributed by atoms with Gasteiger partial charge in [0.1, 0.15) is 0 Å². The number of thioether (sulfide) groups is 1. The predicted octanol–water partition coefficient (Wildman–Crippen LogP) is 0.719. The number of piperidine rings is 1. The van der Waals surface area contributed by atoms with Crippen molar-refractivity contribution in [1.29, 1.82) is 0 Å². The van der Waals surface area contributed by atoms with E-state index in [2.05, 4.69) is 33.9 Å². The van der Waals surface area contributed by atoms with Crippen LogP contribution in [0.4, 0.5) is 0 Å². The molecule has 0 aromatic rings. The van der Waals surface area contributed by atoms with Crippen molar-refractivity contribution in [2.45, 2.75) is 18.1 Å². The SMILES string of the molecule is CN1CCN(CCSC2CCNCC2)CC1. The van der Waals surface area contributed by atoms with E-state index in [4.69, 9.17) is 0 Å². The molecule has 16 heavy (non-hydrogen) atoms. The lowest BCUT2D eigenvalue weighted by atomic mass is 10.2. The second-order valence-electron chi connectivity index (χ2n) is 4.97. The van der Waals surface area contributed by atoms with Gasteiger partial charge in [0.05, 0.1) is 0 Å². The summed E-state index contributed by atoms with van der Waals surface area (Å²) in [7, 11) is 2.22. The summed E-state index contributed by atoms with van der Waals surface area (Å²) in [5.41, 5.74) is 0. The van der Waals surface area contributed by atoms with Crippen molar-refractivity contribution in [2.75, 3.05) is 58.6 Å². The van der Waals surface area contributed by atoms with Crippen LogP contribution in [0.2, 0.25) is 0 Å². The lowest BCUT2D eigenvalue weighted by Crippen LogP contribution is -2.45. The van der Waals surface area contributed by atoms with Crippen molar-refractivity contribution in [2.24, 2.45) is 0 Å². The minimum absolute atomic E-state index is 0.925. The van der Waals surface area contributed by atoms with E-state index in [1.165, 1.54) is 64.4 Å². The number of likely N-dealkylation sites (N-methyl/N-ethyl adjacent to an activating group) is 1. The van der Waals surface area contributed by atoms with E-state index in [9.17, 15) is 0 Å². The van der Waals surface area contributed by atoms with Crippen molar-refractivity contribution in [3.8, 4) is 0 Å². The van der Waals surface area contributed by atoms with Gasteiger partial charge in [-0.15, -0.1) is 0 Å². The molecule has 0 atom stereocenters. The molecule has 4 heteroatoms. The number of nitrogens with one attached hydrogen (secondary N) is 1. The van der Waals surface area contributed by atoms with Crippen LogP contribution in [0.25, 0.3) is 0 Å². The van der Waals surface area contributed by atoms with Crippen molar-refractivity contribution in [3.63, 3.8) is 0 Å². The van der Waals surface area contributed by atoms with Gasteiger partial charge in [-0.1, -0.05) is 0 Å². The second kappa shape index (κ2) is 6.84. The van der Waals surface area contributed by atoms with Gasteiger partial charge in [-0.3, -0.25) is 4.90 Å². The molecule has 0 bridgehead atoms. The van der Waals surface area contributed by atoms with Crippen molar-refractivity contribution < 1.29 is 0 Å². The van der Waals surface area contributed by atoms with E-state index in [1.807, 2.05) is 0 Å². The summed E-state index contributed by atoms with van der Waals surface area (Å²) in [6.45, 7) is 8.78. The molecular weight excluding hydrogens is 218 g/mol. The highest BCUT2D eigenvalue weighted by Crippen LogP contribution is 2.20. The molecule has 2 rings (SSSR count). The predicted molar refractivity (Wildman–Crippen MR) is 72.3 cm³/mol. The zero-order valence-electron chi connectivity index (χ0n) is 10.5. The molecule has 2 aliphatic heterocycles. The molecule has 0 radical (unpaired) electrons. The molecular formula is C12H25N3S. The van der Waals surface area contributed by atoms with Crippen LogP contribution >= 0.6 is 11.8 Å². The molecule has 0 aliphatic carbocycles. The summed E-state index contributed by atoms with van der Waals surface area (Å²) in [5.74, 6) is 1.33. The van der Waals surface area contributed by atoms with Gasteiger partial charge >= 0.3 is 0 Å². The molecule has 0 amide bonds. The van der Waals surface area contributed by atoms with Gasteiger partial charge in [-0.2, -0.15) is 11.8 Å². The fraction of sp³-hybridized carbons (Fsp3) is 1.00. The zero-order chi connectivity index (χ0) is 11.2. The van der Waals surface area contributed by atoms with Crippen molar-refractivity contribution in [1.82, 2.24) is 15.1 Å². The van der Waals surface area contributed by atoms with E-state index in [0.717, 1.165) is 5.25 Å². The zero-order valence-corrected chi connectivity index (χ0v) is 11.3. The first-order valence-electron chi connectivity index (χ1n) is 6.58. The summed E-state index contributed by atoms with van der Waals surface area (Å²) in [4.78, 5) is 5.05. The summed E-state index contributed by atoms with van der Waals surface area (Å²) in [6, 6.07) is 0. The summed E-state index contributed by atoms with van der Waals surface area (Å²) in [5, 5.41) is 4.35. The molecule has 2 heterocycles. The van der Waals surface area contributed by atoms with Gasteiger partial charge in [0.15, 0.2) is 0 Å². The highest BCUT2D eigenvalue weighted by molar-refractivity contribution is 7.99. The summed E-state index contributed by atoms with van der Waals surface area (Å²) >= 11 is 2.20. The molecule has 0 aromatic carbocycles. The minimum atomic E-state index is 0.925. The van der Waals surface area contributed by atoms with Crippen LogP contribution in [0, 0.1) is 0 Å². The van der Waals surface area contributed by atoms with Crippen LogP contribution in [0.3, 0.4) is 0 Å². The standard InChI is InChI=1S/C12H25N3S/c1-14-6-8-15(9-7-14)10-11-16-12-2-4-13-5-3-12/h12-13H,2-11H2,1H3. The number of nitrogens with zero attached hydrogens (tertiary/aromatic N) is 2. The van der Waals surface area contributed by atoms with Crippen LogP contribution in [-0.2, 0) is 0 Å². The third-order valence-electron chi connectivity index (χ3n) is 3.64. The molecule has 2 aliphatic rings. The largest absolute Gasteiger partial charge is 0.317 e. The minimum Gasteiger partial charge on any atom is -0.317 e. The van der Waals surface area contributed by atoms with Gasteiger partial charge in [-0.05, 0) is 33.0 Å². The van der Waals surface area contributed by atoms with Gasteiger partial charge in [0.2, 0.25) is 0 Å². The smallest absolute Gasteiger partial charge is 0.0110 e. The summed E-state index contributed by atoms with van der Waals surface area (Å²) in [6.07, 6.45) is 2.74. The Kier molecular flexibility index (Phi) is 5.42. The third kappa shape index (κ3) is 4.24. The highest BCUT2D eigenvalue weighted by atomic mass is 32.2. The molecule has 0 spiro atoms. The maximum absolute atomic E-state index is 3.43. The Morgan fingerprint density at radius 2 is 1.81 bits per heavy atom. The monoisotopic (exact) mass is 243 g/mol. The van der Waals surface area contributed by atoms with Crippen molar-refractivity contribution >= 4 is 11.8 Å². The average Bonchev–Trinajstić information content (AvgIpc) is 2.33. The van der Waals surface area contributed by atoms with Gasteiger partial charge in [-0.25, -0.2) is 0 Å². The lowest BCUT2D eigenvalue weighted by molar-refractivity contribution is 0.161. The average molecular weight is 243 g/mol. The van der Waals surface area contributed by atoms with E-state index in [1.54, 1.807) is 0 Å². The van der Waals surface area contributed by atoms with Crippen LogP contribution in [0.1, 0.15) is 12.8 Å². The Morgan fingerprint density at radius 3 is 2.50 bits per heavy atom. The van der Waals surface area contributed by atoms with Gasteiger partial charge < -0.3 is 10.2 Å². The Morgan fingerprint density at radius 1 is 1.12 bits per heavy atom. The number of rotatable bonds is 4. The van der Waals surface area contributed by atoms with E-state index < -0.39 is 0 Å². The summed E-state index contributed by atoms with van der Waals surface area (Å²) < 4.78 is 0. The van der Waals surface area contributed by atoms with E-state index in [0.29, 0.717) is 0 Å². The Balaban J connectivity index is 1.53. The second-order valence-corrected chi connectivity index (χ2v) is 6.37. The first kappa shape index (κ1) is 12.7. The molecule has 0 aromatic heterocycles. The first-order chi connectivity index (χ1) is 7.84. The number of piperazine rings is 1. The topological polar surface area (TPSA) is 18.5 Å². The van der Waals surface area contributed by atoms with Gasteiger partial charge in [0.25, 0.3) is 0 Å². The molecule has 1 N–H and O–H groups in total. The Labute approximate surface area is 104 Å². The molecule has 0 unspecified atom stereocenters. The fourth-order valence-electron chi connectivity index (χ4n) is 2.38. The van der Waals surface area contributed by atoms with Crippen LogP contribution in [0.15, 0.2) is 0 Å². The highest BCUT2D eigenvalue weighted by Gasteiger charge is 2.16. The lowest BCUT2D eigenvalue weighted by Gasteiger charge is -2.32. The Bertz CT molecular complexity index is 187.